The van der Waals surface area contributed by atoms with Gasteiger partial charge in [0.1, 0.15) is 10.6 Å². The van der Waals surface area contributed by atoms with Crippen molar-refractivity contribution in [3.05, 3.63) is 66.2 Å². The molecule has 0 radical (unpaired) electrons. The molecule has 8 nitrogen and oxygen atoms in total. The molecule has 3 aromatic rings. The molecule has 0 aliphatic carbocycles. The van der Waals surface area contributed by atoms with E-state index in [4.69, 9.17) is 0 Å². The maximum absolute atomic E-state index is 12.7. The van der Waals surface area contributed by atoms with E-state index in [9.17, 15) is 13.2 Å². The predicted octanol–water partition coefficient (Wildman–Crippen LogP) is 1.97. The largest absolute Gasteiger partial charge is 0.350 e. The van der Waals surface area contributed by atoms with Crippen LogP contribution < -0.4 is 5.32 Å². The van der Waals surface area contributed by atoms with Gasteiger partial charge in [-0.2, -0.15) is 9.40 Å². The first-order valence-corrected chi connectivity index (χ1v) is 11.4. The van der Waals surface area contributed by atoms with Gasteiger partial charge >= 0.3 is 0 Å². The van der Waals surface area contributed by atoms with Crippen LogP contribution in [0.25, 0.3) is 5.69 Å². The van der Waals surface area contributed by atoms with Crippen LogP contribution >= 0.6 is 0 Å². The number of hydrogen-bond acceptors (Lipinski definition) is 4. The van der Waals surface area contributed by atoms with E-state index in [0.717, 1.165) is 24.1 Å². The van der Waals surface area contributed by atoms with Crippen LogP contribution in [0.15, 0.2) is 59.9 Å². The average Bonchev–Trinajstić information content (AvgIpc) is 3.50. The van der Waals surface area contributed by atoms with E-state index in [1.807, 2.05) is 36.5 Å². The van der Waals surface area contributed by atoms with E-state index in [2.05, 4.69) is 10.4 Å². The van der Waals surface area contributed by atoms with Crippen molar-refractivity contribution in [2.24, 2.45) is 7.05 Å². The van der Waals surface area contributed by atoms with Crippen molar-refractivity contribution >= 4 is 15.9 Å². The van der Waals surface area contributed by atoms with Crippen LogP contribution in [0.2, 0.25) is 0 Å². The number of hydrogen-bond donors (Lipinski definition) is 1. The Balaban J connectivity index is 1.37. The fraction of sp³-hybridized carbons (Fsp3) is 0.333. The lowest BCUT2D eigenvalue weighted by atomic mass is 10.2. The molecule has 158 valence electrons. The molecule has 0 unspecified atom stereocenters. The Morgan fingerprint density at radius 1 is 1.13 bits per heavy atom. The Morgan fingerprint density at radius 2 is 1.87 bits per heavy atom. The van der Waals surface area contributed by atoms with Gasteiger partial charge in [0.2, 0.25) is 10.0 Å². The Labute approximate surface area is 176 Å². The van der Waals surface area contributed by atoms with E-state index < -0.39 is 10.0 Å². The number of nitrogens with zero attached hydrogens (tertiary/aromatic N) is 4. The van der Waals surface area contributed by atoms with Gasteiger partial charge in [-0.05, 0) is 43.0 Å². The number of carbonyl (C=O) groups is 1. The van der Waals surface area contributed by atoms with E-state index >= 15 is 0 Å². The van der Waals surface area contributed by atoms with Gasteiger partial charge in [-0.1, -0.05) is 18.2 Å². The summed E-state index contributed by atoms with van der Waals surface area (Å²) in [5, 5.41) is 7.22. The minimum Gasteiger partial charge on any atom is -0.350 e. The van der Waals surface area contributed by atoms with Gasteiger partial charge in [0.25, 0.3) is 5.91 Å². The first-order valence-electron chi connectivity index (χ1n) is 9.99. The Kier molecular flexibility index (Phi) is 5.74. The zero-order chi connectivity index (χ0) is 21.1. The highest BCUT2D eigenvalue weighted by Gasteiger charge is 2.29. The third kappa shape index (κ3) is 4.17. The minimum atomic E-state index is -3.54. The van der Waals surface area contributed by atoms with Crippen LogP contribution in [-0.2, 0) is 23.5 Å². The summed E-state index contributed by atoms with van der Waals surface area (Å²) >= 11 is 0. The van der Waals surface area contributed by atoms with Crippen LogP contribution in [0.1, 0.15) is 28.9 Å². The SMILES string of the molecule is Cn1cc(S(=O)(=O)N2CCCC2)cc1C(=O)NCCc1cnn(-c2ccccc2)c1. The number of amides is 1. The molecule has 0 bridgehead atoms. The third-order valence-electron chi connectivity index (χ3n) is 5.27. The molecule has 4 rings (SSSR count). The molecular weight excluding hydrogens is 402 g/mol. The smallest absolute Gasteiger partial charge is 0.267 e. The summed E-state index contributed by atoms with van der Waals surface area (Å²) in [5.74, 6) is -0.296. The lowest BCUT2D eigenvalue weighted by Crippen LogP contribution is -2.28. The summed E-state index contributed by atoms with van der Waals surface area (Å²) in [4.78, 5) is 12.8. The number of para-hydroxylation sites is 1. The molecule has 30 heavy (non-hydrogen) atoms. The summed E-state index contributed by atoms with van der Waals surface area (Å²) < 4.78 is 30.3. The highest BCUT2D eigenvalue weighted by atomic mass is 32.2. The molecule has 1 aliphatic heterocycles. The maximum atomic E-state index is 12.7. The van der Waals surface area contributed by atoms with Crippen molar-refractivity contribution in [2.45, 2.75) is 24.2 Å². The van der Waals surface area contributed by atoms with E-state index in [1.54, 1.807) is 22.5 Å². The molecule has 0 atom stereocenters. The van der Waals surface area contributed by atoms with E-state index in [-0.39, 0.29) is 10.8 Å². The lowest BCUT2D eigenvalue weighted by Gasteiger charge is -2.13. The Hall–Kier alpha value is -2.91. The van der Waals surface area contributed by atoms with Gasteiger partial charge in [-0.25, -0.2) is 13.1 Å². The van der Waals surface area contributed by atoms with Crippen molar-refractivity contribution in [1.82, 2.24) is 24.0 Å². The van der Waals surface area contributed by atoms with Gasteiger partial charge in [-0.15, -0.1) is 0 Å². The number of aromatic nitrogens is 3. The molecule has 0 saturated carbocycles. The summed E-state index contributed by atoms with van der Waals surface area (Å²) in [6, 6.07) is 11.3. The molecule has 9 heteroatoms. The highest BCUT2D eigenvalue weighted by Crippen LogP contribution is 2.22. The zero-order valence-corrected chi connectivity index (χ0v) is 17.7. The quantitative estimate of drug-likeness (QED) is 0.624. The summed E-state index contributed by atoms with van der Waals surface area (Å²) in [7, 11) is -1.86. The van der Waals surface area contributed by atoms with Crippen LogP contribution in [0, 0.1) is 0 Å². The van der Waals surface area contributed by atoms with Crippen LogP contribution in [0.4, 0.5) is 0 Å². The summed E-state index contributed by atoms with van der Waals surface area (Å²) in [6.45, 7) is 1.50. The zero-order valence-electron chi connectivity index (χ0n) is 16.9. The average molecular weight is 428 g/mol. The first kappa shape index (κ1) is 20.4. The number of carbonyl (C=O) groups excluding carboxylic acids is 1. The van der Waals surface area contributed by atoms with Crippen molar-refractivity contribution in [3.8, 4) is 5.69 Å². The van der Waals surface area contributed by atoms with Gasteiger partial charge in [-0.3, -0.25) is 4.79 Å². The maximum Gasteiger partial charge on any atom is 0.267 e. The van der Waals surface area contributed by atoms with Crippen molar-refractivity contribution in [3.63, 3.8) is 0 Å². The Bertz CT molecular complexity index is 1130. The molecule has 1 aromatic carbocycles. The van der Waals surface area contributed by atoms with Gasteiger partial charge in [0.15, 0.2) is 0 Å². The van der Waals surface area contributed by atoms with Crippen LogP contribution in [0.3, 0.4) is 0 Å². The van der Waals surface area contributed by atoms with Gasteiger partial charge < -0.3 is 9.88 Å². The van der Waals surface area contributed by atoms with Gasteiger partial charge in [0.05, 0.1) is 11.9 Å². The molecule has 3 heterocycles. The predicted molar refractivity (Wildman–Crippen MR) is 113 cm³/mol. The molecule has 0 spiro atoms. The monoisotopic (exact) mass is 427 g/mol. The number of sulfonamides is 1. The van der Waals surface area contributed by atoms with Crippen LogP contribution in [0.5, 0.6) is 0 Å². The lowest BCUT2D eigenvalue weighted by molar-refractivity contribution is 0.0946. The third-order valence-corrected chi connectivity index (χ3v) is 7.14. The molecular formula is C21H25N5O3S. The number of benzene rings is 1. The second kappa shape index (κ2) is 8.45. The van der Waals surface area contributed by atoms with Crippen molar-refractivity contribution in [2.75, 3.05) is 19.6 Å². The molecule has 2 aromatic heterocycles. The first-order chi connectivity index (χ1) is 14.4. The van der Waals surface area contributed by atoms with E-state index in [1.165, 1.54) is 16.6 Å². The van der Waals surface area contributed by atoms with Gasteiger partial charge in [0, 0.05) is 39.1 Å². The second-order valence-electron chi connectivity index (χ2n) is 7.42. The summed E-state index contributed by atoms with van der Waals surface area (Å²) in [6.07, 6.45) is 7.60. The molecule has 1 amide bonds. The number of nitrogens with one attached hydrogen (secondary N) is 1. The molecule has 1 fully saturated rings. The number of aryl methyl sites for hydroxylation is 1. The highest BCUT2D eigenvalue weighted by molar-refractivity contribution is 7.89. The second-order valence-corrected chi connectivity index (χ2v) is 9.36. The topological polar surface area (TPSA) is 89.2 Å². The fourth-order valence-electron chi connectivity index (χ4n) is 3.60. The Morgan fingerprint density at radius 3 is 2.60 bits per heavy atom. The molecule has 1 N–H and O–H groups in total. The fourth-order valence-corrected chi connectivity index (χ4v) is 5.19. The molecule has 1 saturated heterocycles. The minimum absolute atomic E-state index is 0.168. The number of rotatable bonds is 7. The van der Waals surface area contributed by atoms with Crippen LogP contribution in [-0.4, -0.2) is 52.6 Å². The van der Waals surface area contributed by atoms with Crippen molar-refractivity contribution < 1.29 is 13.2 Å². The standard InChI is InChI=1S/C21H25N5O3S/c1-24-16-19(30(28,29)25-11-5-6-12-25)13-20(24)21(27)22-10-9-17-14-23-26(15-17)18-7-3-2-4-8-18/h2-4,7-8,13-16H,5-6,9-12H2,1H3,(H,22,27). The van der Waals surface area contributed by atoms with E-state index in [0.29, 0.717) is 31.7 Å². The summed E-state index contributed by atoms with van der Waals surface area (Å²) in [5.41, 5.74) is 2.31. The normalized spacial score (nSPS) is 14.8. The van der Waals surface area contributed by atoms with Crippen molar-refractivity contribution in [1.29, 1.82) is 0 Å². The molecule has 1 aliphatic rings.